The molecule has 5 nitrogen and oxygen atoms in total. The molecule has 0 aromatic carbocycles. The summed E-state index contributed by atoms with van der Waals surface area (Å²) >= 11 is 0. The highest BCUT2D eigenvalue weighted by Crippen LogP contribution is 2.31. The summed E-state index contributed by atoms with van der Waals surface area (Å²) in [6, 6.07) is 0.976. The van der Waals surface area contributed by atoms with Crippen molar-refractivity contribution in [3.8, 4) is 0 Å². The van der Waals surface area contributed by atoms with Crippen LogP contribution in [0.4, 0.5) is 0 Å². The minimum absolute atomic E-state index is 0.291. The summed E-state index contributed by atoms with van der Waals surface area (Å²) in [5.41, 5.74) is 0. The first kappa shape index (κ1) is 15.9. The van der Waals surface area contributed by atoms with Gasteiger partial charge in [0.1, 0.15) is 0 Å². The van der Waals surface area contributed by atoms with E-state index in [1.807, 2.05) is 0 Å². The van der Waals surface area contributed by atoms with Gasteiger partial charge < -0.3 is 14.4 Å². The molecule has 1 amide bonds. The molecule has 0 N–H and O–H groups in total. The standard InChI is InChI=1S/C18H30N2O3/c21-18(20-8-10-23-17-4-2-1-3-16(17)20)12-19(15-5-6-15)11-14-7-9-22-13-14/h14-17H,1-13H2/t14-,16+,17-/m0/s1. The number of morpholine rings is 1. The van der Waals surface area contributed by atoms with Gasteiger partial charge >= 0.3 is 0 Å². The van der Waals surface area contributed by atoms with Crippen molar-refractivity contribution in [2.45, 2.75) is 63.1 Å². The Kier molecular flexibility index (Phi) is 4.88. The molecule has 2 saturated carbocycles. The van der Waals surface area contributed by atoms with E-state index >= 15 is 0 Å². The van der Waals surface area contributed by atoms with Crippen molar-refractivity contribution in [2.75, 3.05) is 39.5 Å². The summed E-state index contributed by atoms with van der Waals surface area (Å²) in [6.45, 7) is 4.90. The van der Waals surface area contributed by atoms with E-state index in [0.717, 1.165) is 45.6 Å². The fourth-order valence-electron chi connectivity index (χ4n) is 4.51. The van der Waals surface area contributed by atoms with Crippen LogP contribution in [-0.4, -0.2) is 73.3 Å². The summed E-state index contributed by atoms with van der Waals surface area (Å²) in [5, 5.41) is 0. The van der Waals surface area contributed by atoms with Gasteiger partial charge in [0, 0.05) is 25.7 Å². The Labute approximate surface area is 139 Å². The topological polar surface area (TPSA) is 42.0 Å². The maximum absolute atomic E-state index is 13.0. The maximum Gasteiger partial charge on any atom is 0.237 e. The van der Waals surface area contributed by atoms with Crippen molar-refractivity contribution < 1.29 is 14.3 Å². The van der Waals surface area contributed by atoms with Crippen molar-refractivity contribution in [2.24, 2.45) is 5.92 Å². The van der Waals surface area contributed by atoms with Gasteiger partial charge in [-0.2, -0.15) is 0 Å². The third-order valence-corrected chi connectivity index (χ3v) is 5.97. The maximum atomic E-state index is 13.0. The van der Waals surface area contributed by atoms with Gasteiger partial charge in [-0.25, -0.2) is 0 Å². The molecular weight excluding hydrogens is 292 g/mol. The largest absolute Gasteiger partial charge is 0.381 e. The van der Waals surface area contributed by atoms with Crippen LogP contribution in [0.3, 0.4) is 0 Å². The van der Waals surface area contributed by atoms with E-state index in [-0.39, 0.29) is 0 Å². The Bertz CT molecular complexity index is 418. The lowest BCUT2D eigenvalue weighted by Crippen LogP contribution is -2.57. The van der Waals surface area contributed by atoms with Crippen LogP contribution in [-0.2, 0) is 14.3 Å². The van der Waals surface area contributed by atoms with Crippen molar-refractivity contribution in [3.05, 3.63) is 0 Å². The van der Waals surface area contributed by atoms with Crippen molar-refractivity contribution in [1.29, 1.82) is 0 Å². The molecule has 0 bridgehead atoms. The average Bonchev–Trinajstić information content (AvgIpc) is 3.31. The molecule has 0 unspecified atom stereocenters. The number of hydrogen-bond donors (Lipinski definition) is 0. The van der Waals surface area contributed by atoms with E-state index in [1.54, 1.807) is 0 Å². The van der Waals surface area contributed by atoms with Gasteiger partial charge in [-0.05, 0) is 38.0 Å². The van der Waals surface area contributed by atoms with E-state index in [2.05, 4.69) is 9.80 Å². The summed E-state index contributed by atoms with van der Waals surface area (Å²) in [6.07, 6.45) is 8.69. The van der Waals surface area contributed by atoms with Crippen molar-refractivity contribution >= 4 is 5.91 Å². The van der Waals surface area contributed by atoms with Crippen molar-refractivity contribution in [1.82, 2.24) is 9.80 Å². The molecule has 2 aliphatic carbocycles. The highest BCUT2D eigenvalue weighted by molar-refractivity contribution is 5.79. The molecule has 0 aromatic heterocycles. The third kappa shape index (κ3) is 3.72. The van der Waals surface area contributed by atoms with E-state index in [4.69, 9.17) is 9.47 Å². The molecule has 2 saturated heterocycles. The lowest BCUT2D eigenvalue weighted by atomic mass is 9.90. The first-order valence-electron chi connectivity index (χ1n) is 9.54. The van der Waals surface area contributed by atoms with Crippen LogP contribution in [0.1, 0.15) is 44.9 Å². The van der Waals surface area contributed by atoms with Crippen LogP contribution in [0.2, 0.25) is 0 Å². The van der Waals surface area contributed by atoms with E-state index in [0.29, 0.717) is 43.2 Å². The molecule has 0 aromatic rings. The molecule has 4 fully saturated rings. The lowest BCUT2D eigenvalue weighted by molar-refractivity contribution is -0.151. The Morgan fingerprint density at radius 1 is 1.09 bits per heavy atom. The molecule has 2 heterocycles. The lowest BCUT2D eigenvalue weighted by Gasteiger charge is -2.44. The predicted octanol–water partition coefficient (Wildman–Crippen LogP) is 1.66. The van der Waals surface area contributed by atoms with Crippen LogP contribution in [0.25, 0.3) is 0 Å². The van der Waals surface area contributed by atoms with Crippen molar-refractivity contribution in [3.63, 3.8) is 0 Å². The minimum Gasteiger partial charge on any atom is -0.381 e. The monoisotopic (exact) mass is 322 g/mol. The zero-order valence-corrected chi connectivity index (χ0v) is 14.1. The van der Waals surface area contributed by atoms with Crippen LogP contribution >= 0.6 is 0 Å². The highest BCUT2D eigenvalue weighted by atomic mass is 16.5. The number of ether oxygens (including phenoxy) is 2. The van der Waals surface area contributed by atoms with Crippen LogP contribution < -0.4 is 0 Å². The fraction of sp³-hybridized carbons (Fsp3) is 0.944. The average molecular weight is 322 g/mol. The van der Waals surface area contributed by atoms with Gasteiger partial charge in [-0.1, -0.05) is 12.8 Å². The van der Waals surface area contributed by atoms with Gasteiger partial charge in [0.05, 0.1) is 31.9 Å². The first-order valence-corrected chi connectivity index (χ1v) is 9.54. The Morgan fingerprint density at radius 2 is 1.96 bits per heavy atom. The fourth-order valence-corrected chi connectivity index (χ4v) is 4.51. The smallest absolute Gasteiger partial charge is 0.237 e. The zero-order chi connectivity index (χ0) is 15.6. The molecule has 0 radical (unpaired) electrons. The predicted molar refractivity (Wildman–Crippen MR) is 87.2 cm³/mol. The normalized spacial score (nSPS) is 34.7. The van der Waals surface area contributed by atoms with Gasteiger partial charge in [0.2, 0.25) is 5.91 Å². The Balaban J connectivity index is 1.36. The molecule has 4 rings (SSSR count). The van der Waals surface area contributed by atoms with E-state index < -0.39 is 0 Å². The number of hydrogen-bond acceptors (Lipinski definition) is 4. The van der Waals surface area contributed by atoms with Gasteiger partial charge in [-0.15, -0.1) is 0 Å². The molecule has 130 valence electrons. The number of carbonyl (C=O) groups excluding carboxylic acids is 1. The third-order valence-electron chi connectivity index (χ3n) is 5.97. The number of nitrogens with zero attached hydrogens (tertiary/aromatic N) is 2. The summed E-state index contributed by atoms with van der Waals surface area (Å²) in [4.78, 5) is 17.6. The Hall–Kier alpha value is -0.650. The number of fused-ring (bicyclic) bond motifs is 1. The van der Waals surface area contributed by atoms with Gasteiger partial charge in [0.15, 0.2) is 0 Å². The van der Waals surface area contributed by atoms with Crippen LogP contribution in [0, 0.1) is 5.92 Å². The van der Waals surface area contributed by atoms with Gasteiger partial charge in [0.25, 0.3) is 0 Å². The molecule has 5 heteroatoms. The summed E-state index contributed by atoms with van der Waals surface area (Å²) < 4.78 is 11.4. The van der Waals surface area contributed by atoms with E-state index in [1.165, 1.54) is 25.7 Å². The second-order valence-corrected chi connectivity index (χ2v) is 7.74. The summed E-state index contributed by atoms with van der Waals surface area (Å²) in [7, 11) is 0. The molecule has 23 heavy (non-hydrogen) atoms. The molecule has 0 spiro atoms. The first-order chi connectivity index (χ1) is 11.3. The molecule has 2 aliphatic heterocycles. The molecule has 3 atom stereocenters. The Morgan fingerprint density at radius 3 is 2.74 bits per heavy atom. The number of rotatable bonds is 5. The minimum atomic E-state index is 0.291. The number of carbonyl (C=O) groups is 1. The van der Waals surface area contributed by atoms with Crippen LogP contribution in [0.5, 0.6) is 0 Å². The second-order valence-electron chi connectivity index (χ2n) is 7.74. The number of amides is 1. The highest BCUT2D eigenvalue weighted by Gasteiger charge is 2.39. The van der Waals surface area contributed by atoms with Gasteiger partial charge in [-0.3, -0.25) is 9.69 Å². The van der Waals surface area contributed by atoms with E-state index in [9.17, 15) is 4.79 Å². The summed E-state index contributed by atoms with van der Waals surface area (Å²) in [5.74, 6) is 0.950. The second kappa shape index (κ2) is 7.08. The van der Waals surface area contributed by atoms with Crippen LogP contribution in [0.15, 0.2) is 0 Å². The zero-order valence-electron chi connectivity index (χ0n) is 14.1. The quantitative estimate of drug-likeness (QED) is 0.772. The SMILES string of the molecule is O=C(CN(C[C@@H]1CCOC1)C1CC1)N1CCO[C@H]2CCCC[C@H]21. The molecule has 4 aliphatic rings. The molecular formula is C18H30N2O3.